The second kappa shape index (κ2) is 7.54. The van der Waals surface area contributed by atoms with Crippen molar-refractivity contribution in [3.8, 4) is 5.75 Å². The second-order valence-corrected chi connectivity index (χ2v) is 5.61. The van der Waals surface area contributed by atoms with Gasteiger partial charge >= 0.3 is 6.61 Å². The third-order valence-corrected chi connectivity index (χ3v) is 3.40. The lowest BCUT2D eigenvalue weighted by Crippen LogP contribution is -2.11. The molecular weight excluding hydrogens is 296 g/mol. The third-order valence-electron chi connectivity index (χ3n) is 3.19. The molecule has 21 heavy (non-hydrogen) atoms. The van der Waals surface area contributed by atoms with Crippen molar-refractivity contribution in [3.63, 3.8) is 0 Å². The summed E-state index contributed by atoms with van der Waals surface area (Å²) in [6.07, 6.45) is 0.0828. The Bertz CT molecular complexity index is 501. The Morgan fingerprint density at radius 3 is 2.00 bits per heavy atom. The van der Waals surface area contributed by atoms with Gasteiger partial charge in [-0.3, -0.25) is 4.79 Å². The lowest BCUT2D eigenvalue weighted by molar-refractivity contribution is -0.117. The molecule has 1 aromatic carbocycles. The fourth-order valence-corrected chi connectivity index (χ4v) is 2.34. The van der Waals surface area contributed by atoms with Gasteiger partial charge in [-0.2, -0.15) is 8.78 Å². The first-order valence-electron chi connectivity index (χ1n) is 6.74. The molecule has 1 aromatic rings. The largest absolute Gasteiger partial charge is 0.435 e. The Balaban J connectivity index is 3.42. The first-order chi connectivity index (χ1) is 9.76. The van der Waals surface area contributed by atoms with Gasteiger partial charge in [0.2, 0.25) is 0 Å². The van der Waals surface area contributed by atoms with Gasteiger partial charge in [-0.25, -0.2) is 0 Å². The Morgan fingerprint density at radius 1 is 1.19 bits per heavy atom. The normalized spacial score (nSPS) is 11.3. The molecule has 0 aliphatic heterocycles. The number of hydrogen-bond acceptors (Lipinski definition) is 3. The Hall–Kier alpha value is -1.43. The zero-order chi connectivity index (χ0) is 16.2. The van der Waals surface area contributed by atoms with Crippen LogP contribution in [-0.4, -0.2) is 12.5 Å². The molecule has 0 saturated heterocycles. The summed E-state index contributed by atoms with van der Waals surface area (Å²) in [5.41, 5.74) is 2.42. The van der Waals surface area contributed by atoms with Gasteiger partial charge in [0, 0.05) is 12.4 Å². The highest BCUT2D eigenvalue weighted by molar-refractivity contribution is 7.47. The van der Waals surface area contributed by atoms with Gasteiger partial charge in [0.05, 0.1) is 6.42 Å². The van der Waals surface area contributed by atoms with E-state index in [9.17, 15) is 13.6 Å². The number of carbonyl (C=O) groups is 1. The van der Waals surface area contributed by atoms with Crippen LogP contribution in [0.1, 0.15) is 56.2 Å². The third kappa shape index (κ3) is 4.81. The van der Waals surface area contributed by atoms with E-state index in [1.807, 2.05) is 27.7 Å². The topological polar surface area (TPSA) is 38.7 Å². The first-order valence-corrected chi connectivity index (χ1v) is 7.10. The molecule has 0 fully saturated rings. The molecule has 0 aliphatic carbocycles. The van der Waals surface area contributed by atoms with Gasteiger partial charge in [-0.1, -0.05) is 27.7 Å². The van der Waals surface area contributed by atoms with Gasteiger partial charge in [-0.15, -0.1) is 4.36 Å². The molecular formula is C15H19F2NO2S. The van der Waals surface area contributed by atoms with Crippen LogP contribution in [0.2, 0.25) is 0 Å². The summed E-state index contributed by atoms with van der Waals surface area (Å²) >= 11 is 4.43. The van der Waals surface area contributed by atoms with Gasteiger partial charge in [0.15, 0.2) is 0 Å². The van der Waals surface area contributed by atoms with Crippen LogP contribution < -0.4 is 4.74 Å². The molecule has 0 aromatic heterocycles. The van der Waals surface area contributed by atoms with E-state index < -0.39 is 12.5 Å². The summed E-state index contributed by atoms with van der Waals surface area (Å²) in [6, 6.07) is 3.13. The van der Waals surface area contributed by atoms with Crippen LogP contribution in [0.4, 0.5) is 8.78 Å². The maximum absolute atomic E-state index is 12.4. The lowest BCUT2D eigenvalue weighted by atomic mass is 9.86. The van der Waals surface area contributed by atoms with Crippen molar-refractivity contribution in [1.82, 2.24) is 0 Å². The van der Waals surface area contributed by atoms with Gasteiger partial charge in [0.1, 0.15) is 5.75 Å². The van der Waals surface area contributed by atoms with Crippen molar-refractivity contribution in [2.75, 3.05) is 0 Å². The van der Waals surface area contributed by atoms with Crippen LogP contribution in [0, 0.1) is 0 Å². The average molecular weight is 315 g/mol. The molecule has 1 rings (SSSR count). The summed E-state index contributed by atoms with van der Waals surface area (Å²) in [7, 11) is 0. The summed E-state index contributed by atoms with van der Waals surface area (Å²) in [4.78, 5) is 11.6. The van der Waals surface area contributed by atoms with Crippen molar-refractivity contribution in [1.29, 1.82) is 0 Å². The maximum atomic E-state index is 12.4. The lowest BCUT2D eigenvalue weighted by Gasteiger charge is -2.20. The Kier molecular flexibility index (Phi) is 6.33. The van der Waals surface area contributed by atoms with Crippen molar-refractivity contribution < 1.29 is 18.3 Å². The van der Waals surface area contributed by atoms with E-state index in [-0.39, 0.29) is 24.0 Å². The summed E-state index contributed by atoms with van der Waals surface area (Å²) in [6.45, 7) is 4.86. The molecule has 0 unspecified atom stereocenters. The summed E-state index contributed by atoms with van der Waals surface area (Å²) in [5, 5.41) is 0. The van der Waals surface area contributed by atoms with Crippen molar-refractivity contribution in [3.05, 3.63) is 28.8 Å². The highest BCUT2D eigenvalue weighted by atomic mass is 32.1. The predicted octanol–water partition coefficient (Wildman–Crippen LogP) is 4.33. The maximum Gasteiger partial charge on any atom is 0.387 e. The van der Waals surface area contributed by atoms with E-state index in [1.165, 1.54) is 0 Å². The van der Waals surface area contributed by atoms with Crippen molar-refractivity contribution in [2.24, 2.45) is 4.36 Å². The van der Waals surface area contributed by atoms with E-state index in [0.717, 1.165) is 16.7 Å². The highest BCUT2D eigenvalue weighted by Crippen LogP contribution is 2.33. The quantitative estimate of drug-likeness (QED) is 0.784. The van der Waals surface area contributed by atoms with Crippen LogP contribution in [0.25, 0.3) is 0 Å². The number of carbonyl (C=O) groups excluding carboxylic acids is 1. The fourth-order valence-electron chi connectivity index (χ4n) is 2.28. The van der Waals surface area contributed by atoms with E-state index in [0.29, 0.717) is 0 Å². The molecule has 0 radical (unpaired) electrons. The minimum atomic E-state index is -2.87. The molecule has 6 heteroatoms. The summed E-state index contributed by atoms with van der Waals surface area (Å²) in [5.74, 6) is -0.159. The molecule has 0 heterocycles. The average Bonchev–Trinajstić information content (AvgIpc) is 2.38. The zero-order valence-corrected chi connectivity index (χ0v) is 13.3. The minimum absolute atomic E-state index is 0.0663. The number of halogens is 2. The van der Waals surface area contributed by atoms with Crippen LogP contribution >= 0.6 is 0 Å². The number of benzene rings is 1. The second-order valence-electron chi connectivity index (χ2n) is 5.43. The first kappa shape index (κ1) is 17.6. The number of nitrogens with zero attached hydrogens (tertiary/aromatic N) is 1. The van der Waals surface area contributed by atoms with Crippen LogP contribution in [0.15, 0.2) is 16.5 Å². The van der Waals surface area contributed by atoms with Crippen LogP contribution in [-0.2, 0) is 23.6 Å². The molecule has 0 bridgehead atoms. The van der Waals surface area contributed by atoms with Gasteiger partial charge in [-0.05, 0) is 40.7 Å². The molecule has 0 N–H and O–H groups in total. The highest BCUT2D eigenvalue weighted by Gasteiger charge is 2.19. The molecule has 0 aliphatic rings. The van der Waals surface area contributed by atoms with Crippen molar-refractivity contribution in [2.45, 2.75) is 52.6 Å². The smallest absolute Gasteiger partial charge is 0.387 e. The van der Waals surface area contributed by atoms with Crippen LogP contribution in [0.5, 0.6) is 5.75 Å². The van der Waals surface area contributed by atoms with Crippen molar-refractivity contribution >= 4 is 18.3 Å². The molecule has 116 valence electrons. The molecule has 3 nitrogen and oxygen atoms in total. The minimum Gasteiger partial charge on any atom is -0.435 e. The van der Waals surface area contributed by atoms with Gasteiger partial charge < -0.3 is 4.74 Å². The number of rotatable bonds is 6. The Labute approximate surface area is 128 Å². The van der Waals surface area contributed by atoms with Gasteiger partial charge in [0.25, 0.3) is 5.91 Å². The zero-order valence-electron chi connectivity index (χ0n) is 12.5. The summed E-state index contributed by atoms with van der Waals surface area (Å²) < 4.78 is 32.7. The fraction of sp³-hybridized carbons (Fsp3) is 0.533. The number of alkyl halides is 2. The van der Waals surface area contributed by atoms with E-state index in [4.69, 9.17) is 0 Å². The Morgan fingerprint density at radius 2 is 1.67 bits per heavy atom. The number of ether oxygens (including phenoxy) is 1. The van der Waals surface area contributed by atoms with E-state index >= 15 is 0 Å². The number of amides is 1. The van der Waals surface area contributed by atoms with Crippen LogP contribution in [0.3, 0.4) is 0 Å². The standard InChI is InChI=1S/C15H19F2NO2S/c1-8(2)11-5-10(20-15(16)17)6-12(9(3)4)13(11)7-14(19)18-21/h5-6,8-9,15H,7H2,1-4H3. The molecule has 0 saturated carbocycles. The molecule has 0 atom stereocenters. The SMILES string of the molecule is CC(C)c1cc(OC(F)F)cc(C(C)C)c1CC(=O)N=S. The van der Waals surface area contributed by atoms with E-state index in [1.54, 1.807) is 12.1 Å². The number of hydrogen-bond donors (Lipinski definition) is 0. The van der Waals surface area contributed by atoms with E-state index in [2.05, 4.69) is 21.5 Å². The molecule has 1 amide bonds. The monoisotopic (exact) mass is 315 g/mol. The molecule has 0 spiro atoms. The predicted molar refractivity (Wildman–Crippen MR) is 79.8 cm³/mol.